The molecule has 0 saturated carbocycles. The molecule has 5 heteroatoms. The van der Waals surface area contributed by atoms with Gasteiger partial charge in [-0.2, -0.15) is 0 Å². The number of anilines is 1. The van der Waals surface area contributed by atoms with Crippen molar-refractivity contribution < 1.29 is 15.2 Å². The summed E-state index contributed by atoms with van der Waals surface area (Å²) in [5.41, 5.74) is 3.78. The predicted molar refractivity (Wildman–Crippen MR) is 126 cm³/mol. The van der Waals surface area contributed by atoms with Crippen LogP contribution in [0.2, 0.25) is 0 Å². The highest BCUT2D eigenvalue weighted by molar-refractivity contribution is 5.77. The Morgan fingerprint density at radius 2 is 1.52 bits per heavy atom. The van der Waals surface area contributed by atoms with Crippen molar-refractivity contribution in [2.24, 2.45) is 5.92 Å². The first-order valence-corrected chi connectivity index (χ1v) is 11.6. The quantitative estimate of drug-likeness (QED) is 0.682. The second kappa shape index (κ2) is 10.7. The van der Waals surface area contributed by atoms with Gasteiger partial charge in [0.25, 0.3) is 5.91 Å². The molecule has 2 aromatic rings. The van der Waals surface area contributed by atoms with E-state index in [0.29, 0.717) is 18.4 Å². The van der Waals surface area contributed by atoms with E-state index >= 15 is 0 Å². The number of piperazine rings is 1. The van der Waals surface area contributed by atoms with Gasteiger partial charge in [0.1, 0.15) is 11.8 Å². The lowest BCUT2D eigenvalue weighted by atomic mass is 9.92. The van der Waals surface area contributed by atoms with Gasteiger partial charge in [-0.25, -0.2) is 0 Å². The van der Waals surface area contributed by atoms with Crippen LogP contribution < -0.4 is 10.2 Å². The third kappa shape index (κ3) is 6.01. The largest absolute Gasteiger partial charge is 0.508 e. The van der Waals surface area contributed by atoms with Crippen LogP contribution in [0.4, 0.5) is 5.69 Å². The summed E-state index contributed by atoms with van der Waals surface area (Å²) in [5, 5.41) is 11.7. The van der Waals surface area contributed by atoms with Gasteiger partial charge in [-0.15, -0.1) is 0 Å². The summed E-state index contributed by atoms with van der Waals surface area (Å²) in [6, 6.07) is 16.5. The molecule has 1 amide bonds. The second-order valence-electron chi connectivity index (χ2n) is 9.07. The Morgan fingerprint density at radius 3 is 2.06 bits per heavy atom. The number of quaternary nitrogens is 1. The Balaban J connectivity index is 1.53. The van der Waals surface area contributed by atoms with E-state index in [4.69, 9.17) is 0 Å². The number of carbonyl (C=O) groups is 1. The zero-order valence-electron chi connectivity index (χ0n) is 19.4. The third-order valence-electron chi connectivity index (χ3n) is 6.61. The van der Waals surface area contributed by atoms with E-state index < -0.39 is 0 Å². The molecule has 1 fully saturated rings. The number of nitrogens with zero attached hydrogens (tertiary/aromatic N) is 2. The first kappa shape index (κ1) is 23.1. The van der Waals surface area contributed by atoms with Crippen LogP contribution in [-0.4, -0.2) is 48.6 Å². The molecule has 1 heterocycles. The number of hydrogen-bond donors (Lipinski definition) is 2. The molecule has 1 saturated heterocycles. The molecule has 0 unspecified atom stereocenters. The zero-order chi connectivity index (χ0) is 22.4. The molecule has 0 radical (unpaired) electrons. The molecule has 1 aliphatic heterocycles. The summed E-state index contributed by atoms with van der Waals surface area (Å²) in [4.78, 5) is 17.1. The molecule has 5 nitrogen and oxygen atoms in total. The SMILES string of the molecule is CC[C@@H](C)c1ccc([C@@H]([NH2+]CC(=O)N2CCN(c3ccc(O)cc3)CC2)C(C)C)cc1. The van der Waals surface area contributed by atoms with Crippen LogP contribution in [0.3, 0.4) is 0 Å². The first-order valence-electron chi connectivity index (χ1n) is 11.6. The first-order chi connectivity index (χ1) is 14.9. The van der Waals surface area contributed by atoms with Gasteiger partial charge >= 0.3 is 0 Å². The highest BCUT2D eigenvalue weighted by Crippen LogP contribution is 2.23. The van der Waals surface area contributed by atoms with Crippen LogP contribution in [0.1, 0.15) is 57.2 Å². The minimum absolute atomic E-state index is 0.215. The van der Waals surface area contributed by atoms with Crippen LogP contribution in [0.25, 0.3) is 0 Å². The van der Waals surface area contributed by atoms with Crippen molar-refractivity contribution in [3.8, 4) is 5.75 Å². The van der Waals surface area contributed by atoms with Crippen LogP contribution >= 0.6 is 0 Å². The number of phenols is 1. The topological polar surface area (TPSA) is 60.4 Å². The number of phenolic OH excluding ortho intramolecular Hbond substituents is 1. The molecule has 0 bridgehead atoms. The van der Waals surface area contributed by atoms with Crippen molar-refractivity contribution in [3.05, 3.63) is 59.7 Å². The maximum atomic E-state index is 12.9. The standard InChI is InChI=1S/C26H37N3O2/c1-5-20(4)21-6-8-22(9-7-21)26(19(2)3)27-18-25(31)29-16-14-28(15-17-29)23-10-12-24(30)13-11-23/h6-13,19-20,26-27,30H,5,14-18H2,1-4H3/p+1/t20-,26+/m1/s1. The maximum absolute atomic E-state index is 12.9. The molecule has 0 aliphatic carbocycles. The fraction of sp³-hybridized carbons (Fsp3) is 0.500. The smallest absolute Gasteiger partial charge is 0.277 e. The lowest BCUT2D eigenvalue weighted by Gasteiger charge is -2.36. The summed E-state index contributed by atoms with van der Waals surface area (Å²) >= 11 is 0. The van der Waals surface area contributed by atoms with Gasteiger partial charge in [-0.3, -0.25) is 4.79 Å². The van der Waals surface area contributed by atoms with Gasteiger partial charge in [0.2, 0.25) is 0 Å². The number of aromatic hydroxyl groups is 1. The maximum Gasteiger partial charge on any atom is 0.277 e. The van der Waals surface area contributed by atoms with Crippen molar-refractivity contribution >= 4 is 11.6 Å². The molecule has 3 N–H and O–H groups in total. The highest BCUT2D eigenvalue weighted by atomic mass is 16.3. The van der Waals surface area contributed by atoms with E-state index in [-0.39, 0.29) is 17.7 Å². The molecule has 2 aromatic carbocycles. The molecular formula is C26H38N3O2+. The van der Waals surface area contributed by atoms with Crippen LogP contribution in [-0.2, 0) is 4.79 Å². The number of rotatable bonds is 8. The van der Waals surface area contributed by atoms with Gasteiger partial charge in [-0.1, -0.05) is 52.0 Å². The molecule has 31 heavy (non-hydrogen) atoms. The molecular weight excluding hydrogens is 386 g/mol. The van der Waals surface area contributed by atoms with Gasteiger partial charge in [-0.05, 0) is 42.2 Å². The zero-order valence-corrected chi connectivity index (χ0v) is 19.4. The fourth-order valence-corrected chi connectivity index (χ4v) is 4.31. The van der Waals surface area contributed by atoms with Crippen molar-refractivity contribution in [2.45, 2.75) is 46.1 Å². The number of carbonyl (C=O) groups excluding carboxylic acids is 1. The summed E-state index contributed by atoms with van der Waals surface area (Å²) in [7, 11) is 0. The summed E-state index contributed by atoms with van der Waals surface area (Å²) in [6.45, 7) is 12.5. The molecule has 1 aliphatic rings. The molecule has 0 aromatic heterocycles. The molecule has 0 spiro atoms. The highest BCUT2D eigenvalue weighted by Gasteiger charge is 2.25. The lowest BCUT2D eigenvalue weighted by Crippen LogP contribution is -2.88. The van der Waals surface area contributed by atoms with E-state index in [2.05, 4.69) is 62.2 Å². The van der Waals surface area contributed by atoms with Gasteiger partial charge in [0.15, 0.2) is 6.54 Å². The van der Waals surface area contributed by atoms with Gasteiger partial charge < -0.3 is 20.2 Å². The Labute approximate surface area is 187 Å². The second-order valence-corrected chi connectivity index (χ2v) is 9.07. The van der Waals surface area contributed by atoms with E-state index in [1.807, 2.05) is 17.0 Å². The molecule has 2 atom stereocenters. The van der Waals surface area contributed by atoms with Crippen LogP contribution in [0.5, 0.6) is 5.75 Å². The summed E-state index contributed by atoms with van der Waals surface area (Å²) in [6.07, 6.45) is 1.15. The van der Waals surface area contributed by atoms with Crippen molar-refractivity contribution in [1.82, 2.24) is 4.90 Å². The van der Waals surface area contributed by atoms with Crippen molar-refractivity contribution in [1.29, 1.82) is 0 Å². The number of benzene rings is 2. The fourth-order valence-electron chi connectivity index (χ4n) is 4.31. The Morgan fingerprint density at radius 1 is 0.935 bits per heavy atom. The Kier molecular flexibility index (Phi) is 7.97. The van der Waals surface area contributed by atoms with Gasteiger partial charge in [0, 0.05) is 43.3 Å². The monoisotopic (exact) mass is 424 g/mol. The molecule has 3 rings (SSSR count). The Hall–Kier alpha value is -2.53. The minimum atomic E-state index is 0.215. The average Bonchev–Trinajstić information content (AvgIpc) is 2.79. The number of hydrogen-bond acceptors (Lipinski definition) is 3. The Bertz CT molecular complexity index is 825. The van der Waals surface area contributed by atoms with E-state index in [1.54, 1.807) is 12.1 Å². The van der Waals surface area contributed by atoms with E-state index in [0.717, 1.165) is 38.3 Å². The van der Waals surface area contributed by atoms with Crippen LogP contribution in [0, 0.1) is 5.92 Å². The third-order valence-corrected chi connectivity index (χ3v) is 6.61. The van der Waals surface area contributed by atoms with E-state index in [1.165, 1.54) is 11.1 Å². The van der Waals surface area contributed by atoms with Gasteiger partial charge in [0.05, 0.1) is 0 Å². The number of amides is 1. The average molecular weight is 425 g/mol. The normalized spacial score (nSPS) is 16.4. The summed E-state index contributed by atoms with van der Waals surface area (Å²) in [5.74, 6) is 1.53. The lowest BCUT2D eigenvalue weighted by molar-refractivity contribution is -0.692. The van der Waals surface area contributed by atoms with Crippen molar-refractivity contribution in [2.75, 3.05) is 37.6 Å². The van der Waals surface area contributed by atoms with Crippen molar-refractivity contribution in [3.63, 3.8) is 0 Å². The number of nitrogens with two attached hydrogens (primary N) is 1. The van der Waals surface area contributed by atoms with E-state index in [9.17, 15) is 9.90 Å². The van der Waals surface area contributed by atoms with Crippen LogP contribution in [0.15, 0.2) is 48.5 Å². The predicted octanol–water partition coefficient (Wildman–Crippen LogP) is 3.52. The molecule has 168 valence electrons. The minimum Gasteiger partial charge on any atom is -0.508 e. The summed E-state index contributed by atoms with van der Waals surface area (Å²) < 4.78 is 0.